The second-order valence-electron chi connectivity index (χ2n) is 7.53. The van der Waals surface area contributed by atoms with Gasteiger partial charge in [-0.3, -0.25) is 9.59 Å². The van der Waals surface area contributed by atoms with Crippen molar-refractivity contribution in [3.05, 3.63) is 23.8 Å². The fraction of sp³-hybridized carbons (Fsp3) is 0.600. The number of anilines is 1. The zero-order valence-corrected chi connectivity index (χ0v) is 19.3. The molecule has 0 bridgehead atoms. The average molecular weight is 428 g/mol. The Morgan fingerprint density at radius 1 is 1.14 bits per heavy atom. The molecular weight excluding hydrogens is 392 g/mol. The smallest absolute Gasteiger partial charge is 0.282 e. The molecule has 1 rings (SSSR count). The standard InChI is InChI=1S/C20H34N4O4S/c1-8-24(9-2)29(27,28)18-12-17(11-10-15(18)5)22-20(26)16(6)23(7)13-19(25)21-14(3)4/h10-12,14,16H,8-9,13H2,1-7H3,(H,21,25)(H,22,26)/p+1/t16-/m1/s1. The number of hydrogen-bond donors (Lipinski definition) is 3. The molecule has 2 atom stereocenters. The minimum absolute atomic E-state index is 0.0400. The molecule has 2 amide bonds. The number of aryl methyl sites for hydroxylation is 1. The molecular formula is C20H35N4O4S+. The molecule has 0 aromatic heterocycles. The first-order chi connectivity index (χ1) is 13.4. The minimum atomic E-state index is -3.63. The number of benzene rings is 1. The van der Waals surface area contributed by atoms with Crippen LogP contribution in [0.3, 0.4) is 0 Å². The van der Waals surface area contributed by atoms with Crippen molar-refractivity contribution in [3.8, 4) is 0 Å². The maximum Gasteiger partial charge on any atom is 0.282 e. The lowest BCUT2D eigenvalue weighted by Crippen LogP contribution is -3.15. The predicted molar refractivity (Wildman–Crippen MR) is 114 cm³/mol. The summed E-state index contributed by atoms with van der Waals surface area (Å²) >= 11 is 0. The van der Waals surface area contributed by atoms with Crippen LogP contribution in [0.1, 0.15) is 40.2 Å². The summed E-state index contributed by atoms with van der Waals surface area (Å²) in [4.78, 5) is 25.5. The van der Waals surface area contributed by atoms with E-state index in [1.165, 1.54) is 10.4 Å². The first-order valence-corrected chi connectivity index (χ1v) is 11.4. The van der Waals surface area contributed by atoms with Crippen LogP contribution in [-0.4, -0.2) is 63.3 Å². The molecule has 0 aliphatic heterocycles. The summed E-state index contributed by atoms with van der Waals surface area (Å²) in [6.07, 6.45) is 0. The third kappa shape index (κ3) is 6.80. The van der Waals surface area contributed by atoms with E-state index in [1.54, 1.807) is 46.9 Å². The number of amides is 2. The van der Waals surface area contributed by atoms with Crippen LogP contribution in [0.4, 0.5) is 5.69 Å². The van der Waals surface area contributed by atoms with Gasteiger partial charge in [-0.25, -0.2) is 8.42 Å². The summed E-state index contributed by atoms with van der Waals surface area (Å²) in [6.45, 7) is 11.7. The van der Waals surface area contributed by atoms with E-state index in [0.29, 0.717) is 24.3 Å². The summed E-state index contributed by atoms with van der Waals surface area (Å²) in [5.74, 6) is -0.407. The van der Waals surface area contributed by atoms with E-state index in [9.17, 15) is 18.0 Å². The fourth-order valence-corrected chi connectivity index (χ4v) is 4.62. The molecule has 164 valence electrons. The Morgan fingerprint density at radius 2 is 1.72 bits per heavy atom. The second-order valence-corrected chi connectivity index (χ2v) is 9.43. The molecule has 0 aliphatic rings. The number of nitrogens with zero attached hydrogens (tertiary/aromatic N) is 1. The van der Waals surface area contributed by atoms with Crippen LogP contribution in [-0.2, 0) is 19.6 Å². The molecule has 0 saturated carbocycles. The van der Waals surface area contributed by atoms with Crippen molar-refractivity contribution in [2.75, 3.05) is 32.0 Å². The third-order valence-electron chi connectivity index (χ3n) is 4.80. The van der Waals surface area contributed by atoms with Crippen molar-refractivity contribution in [2.45, 2.75) is 58.5 Å². The van der Waals surface area contributed by atoms with Crippen LogP contribution in [0.2, 0.25) is 0 Å². The van der Waals surface area contributed by atoms with Crippen molar-refractivity contribution in [1.29, 1.82) is 0 Å². The summed E-state index contributed by atoms with van der Waals surface area (Å²) in [6, 6.07) is 4.41. The van der Waals surface area contributed by atoms with Crippen molar-refractivity contribution >= 4 is 27.5 Å². The van der Waals surface area contributed by atoms with Gasteiger partial charge in [-0.15, -0.1) is 0 Å². The molecule has 0 aliphatic carbocycles. The average Bonchev–Trinajstić information content (AvgIpc) is 2.62. The Morgan fingerprint density at radius 3 is 2.24 bits per heavy atom. The molecule has 0 radical (unpaired) electrons. The van der Waals surface area contributed by atoms with Gasteiger partial charge in [0.25, 0.3) is 11.8 Å². The lowest BCUT2D eigenvalue weighted by atomic mass is 10.2. The summed E-state index contributed by atoms with van der Waals surface area (Å²) in [5.41, 5.74) is 1.04. The van der Waals surface area contributed by atoms with Gasteiger partial charge in [0.15, 0.2) is 12.6 Å². The van der Waals surface area contributed by atoms with E-state index in [4.69, 9.17) is 0 Å². The van der Waals surface area contributed by atoms with Crippen molar-refractivity contribution < 1.29 is 22.9 Å². The molecule has 9 heteroatoms. The first kappa shape index (κ1) is 25.1. The normalized spacial score (nSPS) is 14.0. The van der Waals surface area contributed by atoms with E-state index in [2.05, 4.69) is 10.6 Å². The van der Waals surface area contributed by atoms with Crippen LogP contribution >= 0.6 is 0 Å². The van der Waals surface area contributed by atoms with Crippen LogP contribution in [0.15, 0.2) is 23.1 Å². The van der Waals surface area contributed by atoms with Gasteiger partial charge in [-0.05, 0) is 45.4 Å². The lowest BCUT2D eigenvalue weighted by molar-refractivity contribution is -0.885. The van der Waals surface area contributed by atoms with E-state index < -0.39 is 16.1 Å². The van der Waals surface area contributed by atoms with Gasteiger partial charge in [-0.2, -0.15) is 4.31 Å². The summed E-state index contributed by atoms with van der Waals surface area (Å²) in [7, 11) is -1.86. The van der Waals surface area contributed by atoms with Gasteiger partial charge in [0, 0.05) is 24.8 Å². The molecule has 0 fully saturated rings. The molecule has 3 N–H and O–H groups in total. The van der Waals surface area contributed by atoms with Crippen molar-refractivity contribution in [3.63, 3.8) is 0 Å². The SMILES string of the molecule is CCN(CC)S(=O)(=O)c1cc(NC(=O)[C@@H](C)[NH+](C)CC(=O)NC(C)C)ccc1C. The third-order valence-corrected chi connectivity index (χ3v) is 6.99. The number of carbonyl (C=O) groups is 2. The number of sulfonamides is 1. The number of quaternary nitrogens is 1. The molecule has 0 saturated heterocycles. The van der Waals surface area contributed by atoms with Gasteiger partial charge >= 0.3 is 0 Å². The first-order valence-electron chi connectivity index (χ1n) is 9.97. The van der Waals surface area contributed by atoms with Crippen molar-refractivity contribution in [2.24, 2.45) is 0 Å². The molecule has 0 spiro atoms. The van der Waals surface area contributed by atoms with Gasteiger partial charge < -0.3 is 15.5 Å². The van der Waals surface area contributed by atoms with E-state index in [1.807, 2.05) is 13.8 Å². The lowest BCUT2D eigenvalue weighted by Gasteiger charge is -2.22. The van der Waals surface area contributed by atoms with Crippen LogP contribution in [0, 0.1) is 6.92 Å². The number of rotatable bonds is 10. The fourth-order valence-electron chi connectivity index (χ4n) is 2.91. The van der Waals surface area contributed by atoms with Gasteiger partial charge in [0.05, 0.1) is 11.9 Å². The molecule has 29 heavy (non-hydrogen) atoms. The number of hydrogen-bond acceptors (Lipinski definition) is 4. The zero-order chi connectivity index (χ0) is 22.4. The highest BCUT2D eigenvalue weighted by Gasteiger charge is 2.26. The Labute approximate surface area is 174 Å². The van der Waals surface area contributed by atoms with Crippen molar-refractivity contribution in [1.82, 2.24) is 9.62 Å². The van der Waals surface area contributed by atoms with Crippen LogP contribution < -0.4 is 15.5 Å². The molecule has 8 nitrogen and oxygen atoms in total. The van der Waals surface area contributed by atoms with E-state index in [-0.39, 0.29) is 29.3 Å². The molecule has 0 heterocycles. The monoisotopic (exact) mass is 427 g/mol. The predicted octanol–water partition coefficient (Wildman–Crippen LogP) is 0.392. The Bertz CT molecular complexity index is 820. The quantitative estimate of drug-likeness (QED) is 0.503. The van der Waals surface area contributed by atoms with Gasteiger partial charge in [0.1, 0.15) is 0 Å². The highest BCUT2D eigenvalue weighted by molar-refractivity contribution is 7.89. The maximum absolute atomic E-state index is 12.9. The number of carbonyl (C=O) groups excluding carboxylic acids is 2. The highest BCUT2D eigenvalue weighted by Crippen LogP contribution is 2.23. The Kier molecular flexibility index (Phi) is 9.25. The highest BCUT2D eigenvalue weighted by atomic mass is 32.2. The van der Waals surface area contributed by atoms with Crippen LogP contribution in [0.25, 0.3) is 0 Å². The molecule has 1 unspecified atom stereocenters. The van der Waals surface area contributed by atoms with Gasteiger partial charge in [-0.1, -0.05) is 19.9 Å². The Balaban J connectivity index is 2.96. The maximum atomic E-state index is 12.9. The van der Waals surface area contributed by atoms with E-state index >= 15 is 0 Å². The Hall–Kier alpha value is -1.97. The second kappa shape index (κ2) is 10.7. The summed E-state index contributed by atoms with van der Waals surface area (Å²) < 4.78 is 27.1. The van der Waals surface area contributed by atoms with Gasteiger partial charge in [0.2, 0.25) is 10.0 Å². The zero-order valence-electron chi connectivity index (χ0n) is 18.5. The number of likely N-dealkylation sites (N-methyl/N-ethyl adjacent to an activating group) is 1. The van der Waals surface area contributed by atoms with E-state index in [0.717, 1.165) is 4.90 Å². The van der Waals surface area contributed by atoms with Crippen LogP contribution in [0.5, 0.6) is 0 Å². The largest absolute Gasteiger partial charge is 0.349 e. The molecule has 1 aromatic rings. The minimum Gasteiger partial charge on any atom is -0.349 e. The topological polar surface area (TPSA) is 100 Å². The summed E-state index contributed by atoms with van der Waals surface area (Å²) in [5, 5.41) is 5.58. The number of nitrogens with one attached hydrogen (secondary N) is 3. The molecule has 1 aromatic carbocycles.